The molecule has 7 nitrogen and oxygen atoms in total. The number of furan rings is 1. The molecule has 3 atom stereocenters. The minimum Gasteiger partial charge on any atom is -0.472 e. The molecule has 1 aliphatic heterocycles. The minimum atomic E-state index is -0.712. The lowest BCUT2D eigenvalue weighted by molar-refractivity contribution is -0.127. The molecule has 1 saturated heterocycles. The van der Waals surface area contributed by atoms with Gasteiger partial charge < -0.3 is 19.8 Å². The highest BCUT2D eigenvalue weighted by atomic mass is 16.5. The molecule has 1 aromatic rings. The molecular formula is C18H26N2O5. The number of Topliss-reactive ketones (excluding diaryl/α,β-unsaturated/α-hetero) is 1. The van der Waals surface area contributed by atoms with Crippen LogP contribution in [0.5, 0.6) is 0 Å². The summed E-state index contributed by atoms with van der Waals surface area (Å²) in [6.45, 7) is 6.02. The van der Waals surface area contributed by atoms with E-state index in [-0.39, 0.29) is 30.3 Å². The predicted molar refractivity (Wildman–Crippen MR) is 91.0 cm³/mol. The molecule has 2 unspecified atom stereocenters. The Bertz CT molecular complexity index is 597. The van der Waals surface area contributed by atoms with Gasteiger partial charge in [0.1, 0.15) is 25.0 Å². The van der Waals surface area contributed by atoms with Crippen molar-refractivity contribution in [2.24, 2.45) is 5.92 Å². The summed E-state index contributed by atoms with van der Waals surface area (Å²) in [5, 5.41) is 5.49. The van der Waals surface area contributed by atoms with Crippen molar-refractivity contribution in [2.75, 3.05) is 6.61 Å². The summed E-state index contributed by atoms with van der Waals surface area (Å²) in [5.41, 5.74) is 0.356. The molecule has 2 amide bonds. The van der Waals surface area contributed by atoms with Gasteiger partial charge in [-0.25, -0.2) is 0 Å². The van der Waals surface area contributed by atoms with E-state index in [2.05, 4.69) is 10.6 Å². The number of carbonyl (C=O) groups is 3. The second kappa shape index (κ2) is 8.80. The van der Waals surface area contributed by atoms with Gasteiger partial charge in [-0.15, -0.1) is 0 Å². The Hall–Kier alpha value is -2.15. The second-order valence-electron chi connectivity index (χ2n) is 6.72. The van der Waals surface area contributed by atoms with Gasteiger partial charge >= 0.3 is 0 Å². The third kappa shape index (κ3) is 5.16. The van der Waals surface area contributed by atoms with Crippen LogP contribution in [0.15, 0.2) is 23.0 Å². The Labute approximate surface area is 147 Å². The molecular weight excluding hydrogens is 324 g/mol. The summed E-state index contributed by atoms with van der Waals surface area (Å²) in [6, 6.07) is 0.175. The minimum absolute atomic E-state index is 0.0154. The van der Waals surface area contributed by atoms with Gasteiger partial charge in [-0.05, 0) is 31.2 Å². The maximum Gasteiger partial charge on any atom is 0.255 e. The van der Waals surface area contributed by atoms with Crippen LogP contribution in [0.2, 0.25) is 0 Å². The molecule has 7 heteroatoms. The molecule has 1 aliphatic rings. The third-order valence-corrected chi connectivity index (χ3v) is 4.30. The van der Waals surface area contributed by atoms with E-state index in [0.29, 0.717) is 24.3 Å². The molecule has 0 radical (unpaired) electrons. The van der Waals surface area contributed by atoms with Crippen molar-refractivity contribution in [1.82, 2.24) is 10.6 Å². The average molecular weight is 350 g/mol. The zero-order valence-electron chi connectivity index (χ0n) is 14.9. The molecule has 0 aromatic carbocycles. The molecule has 0 bridgehead atoms. The number of ketones is 1. The zero-order valence-corrected chi connectivity index (χ0v) is 14.9. The van der Waals surface area contributed by atoms with Crippen LogP contribution in [0.3, 0.4) is 0 Å². The first-order chi connectivity index (χ1) is 11.9. The Morgan fingerprint density at radius 1 is 1.32 bits per heavy atom. The lowest BCUT2D eigenvalue weighted by Crippen LogP contribution is -2.53. The van der Waals surface area contributed by atoms with Gasteiger partial charge in [0.15, 0.2) is 5.78 Å². The van der Waals surface area contributed by atoms with Gasteiger partial charge in [0.2, 0.25) is 5.91 Å². The van der Waals surface area contributed by atoms with Gasteiger partial charge in [0.25, 0.3) is 5.91 Å². The number of carbonyl (C=O) groups excluding carboxylic acids is 3. The maximum absolute atomic E-state index is 12.7. The van der Waals surface area contributed by atoms with E-state index in [1.165, 1.54) is 18.6 Å². The van der Waals surface area contributed by atoms with E-state index in [1.807, 2.05) is 20.8 Å². The Morgan fingerprint density at radius 3 is 2.68 bits per heavy atom. The van der Waals surface area contributed by atoms with Crippen molar-refractivity contribution in [2.45, 2.75) is 58.2 Å². The van der Waals surface area contributed by atoms with Crippen molar-refractivity contribution in [3.05, 3.63) is 24.2 Å². The van der Waals surface area contributed by atoms with Crippen LogP contribution in [0.25, 0.3) is 0 Å². The largest absolute Gasteiger partial charge is 0.472 e. The number of hydrogen-bond donors (Lipinski definition) is 2. The third-order valence-electron chi connectivity index (χ3n) is 4.30. The first-order valence-electron chi connectivity index (χ1n) is 8.70. The zero-order chi connectivity index (χ0) is 18.4. The Morgan fingerprint density at radius 2 is 2.08 bits per heavy atom. The van der Waals surface area contributed by atoms with Crippen LogP contribution in [0.1, 0.15) is 50.4 Å². The van der Waals surface area contributed by atoms with E-state index < -0.39 is 12.1 Å². The number of ether oxygens (including phenoxy) is 1. The Kier molecular flexibility index (Phi) is 6.75. The number of rotatable bonds is 8. The van der Waals surface area contributed by atoms with Crippen LogP contribution in [0.4, 0.5) is 0 Å². The monoisotopic (exact) mass is 350 g/mol. The van der Waals surface area contributed by atoms with E-state index in [0.717, 1.165) is 6.42 Å². The summed E-state index contributed by atoms with van der Waals surface area (Å²) < 4.78 is 10.3. The van der Waals surface area contributed by atoms with Gasteiger partial charge in [-0.1, -0.05) is 20.8 Å². The first-order valence-corrected chi connectivity index (χ1v) is 8.70. The van der Waals surface area contributed by atoms with E-state index in [1.54, 1.807) is 0 Å². The fourth-order valence-electron chi connectivity index (χ4n) is 2.77. The summed E-state index contributed by atoms with van der Waals surface area (Å²) in [5.74, 6) is -0.483. The summed E-state index contributed by atoms with van der Waals surface area (Å²) in [7, 11) is 0. The van der Waals surface area contributed by atoms with Crippen molar-refractivity contribution in [3.63, 3.8) is 0 Å². The highest BCUT2D eigenvalue weighted by Gasteiger charge is 2.37. The summed E-state index contributed by atoms with van der Waals surface area (Å²) >= 11 is 0. The van der Waals surface area contributed by atoms with Gasteiger partial charge in [-0.3, -0.25) is 14.4 Å². The van der Waals surface area contributed by atoms with Crippen LogP contribution in [-0.4, -0.2) is 42.4 Å². The van der Waals surface area contributed by atoms with Crippen molar-refractivity contribution in [3.8, 4) is 0 Å². The molecule has 1 fully saturated rings. The highest BCUT2D eigenvalue weighted by molar-refractivity contribution is 5.98. The summed E-state index contributed by atoms with van der Waals surface area (Å²) in [6.07, 6.45) is 4.31. The second-order valence-corrected chi connectivity index (χ2v) is 6.72. The molecule has 0 aliphatic carbocycles. The quantitative estimate of drug-likeness (QED) is 0.743. The van der Waals surface area contributed by atoms with Gasteiger partial charge in [0, 0.05) is 0 Å². The topological polar surface area (TPSA) is 97.6 Å². The van der Waals surface area contributed by atoms with Crippen LogP contribution < -0.4 is 10.6 Å². The smallest absolute Gasteiger partial charge is 0.255 e. The van der Waals surface area contributed by atoms with Crippen LogP contribution in [-0.2, 0) is 14.3 Å². The SMILES string of the molecule is CCC1OCC(=O)C1NC(=O)[C@H](CCC(C)C)NC(=O)c1ccoc1. The molecule has 138 valence electrons. The van der Waals surface area contributed by atoms with Gasteiger partial charge in [0.05, 0.1) is 17.9 Å². The molecule has 25 heavy (non-hydrogen) atoms. The number of amides is 2. The van der Waals surface area contributed by atoms with E-state index in [9.17, 15) is 14.4 Å². The molecule has 0 spiro atoms. The molecule has 2 N–H and O–H groups in total. The molecule has 2 rings (SSSR count). The lowest BCUT2D eigenvalue weighted by atomic mass is 10.0. The fraction of sp³-hybridized carbons (Fsp3) is 0.611. The predicted octanol–water partition coefficient (Wildman–Crippen LogP) is 1.68. The maximum atomic E-state index is 12.7. The highest BCUT2D eigenvalue weighted by Crippen LogP contribution is 2.15. The molecule has 1 aromatic heterocycles. The molecule has 0 saturated carbocycles. The average Bonchev–Trinajstić information content (AvgIpc) is 3.22. The van der Waals surface area contributed by atoms with E-state index in [4.69, 9.17) is 9.15 Å². The number of nitrogens with one attached hydrogen (secondary N) is 2. The summed E-state index contributed by atoms with van der Waals surface area (Å²) in [4.78, 5) is 36.8. The van der Waals surface area contributed by atoms with Crippen LogP contribution >= 0.6 is 0 Å². The van der Waals surface area contributed by atoms with Crippen molar-refractivity contribution < 1.29 is 23.5 Å². The Balaban J connectivity index is 2.04. The van der Waals surface area contributed by atoms with Gasteiger partial charge in [-0.2, -0.15) is 0 Å². The first kappa shape index (κ1) is 19.2. The number of hydrogen-bond acceptors (Lipinski definition) is 5. The fourth-order valence-corrected chi connectivity index (χ4v) is 2.77. The standard InChI is InChI=1S/C18H26N2O5/c1-4-15-16(14(21)10-25-15)20-18(23)13(6-5-11(2)3)19-17(22)12-7-8-24-9-12/h7-9,11,13,15-16H,4-6,10H2,1-3H3,(H,19,22)(H,20,23)/t13-,15?,16?/m0/s1. The molecule has 2 heterocycles. The van der Waals surface area contributed by atoms with Crippen molar-refractivity contribution in [1.29, 1.82) is 0 Å². The lowest BCUT2D eigenvalue weighted by Gasteiger charge is -2.23. The normalized spacial score (nSPS) is 21.4. The van der Waals surface area contributed by atoms with Crippen LogP contribution in [0, 0.1) is 5.92 Å². The van der Waals surface area contributed by atoms with E-state index >= 15 is 0 Å². The van der Waals surface area contributed by atoms with Crippen molar-refractivity contribution >= 4 is 17.6 Å².